The summed E-state index contributed by atoms with van der Waals surface area (Å²) in [6.45, 7) is 2.50. The van der Waals surface area contributed by atoms with Crippen LogP contribution in [-0.4, -0.2) is 37.9 Å². The van der Waals surface area contributed by atoms with Crippen molar-refractivity contribution < 1.29 is 14.6 Å². The highest BCUT2D eigenvalue weighted by molar-refractivity contribution is 5.90. The molecule has 0 amide bonds. The molecule has 2 rings (SSSR count). The highest BCUT2D eigenvalue weighted by atomic mass is 16.5. The number of ether oxygens (including phenoxy) is 1. The predicted molar refractivity (Wildman–Crippen MR) is 74.6 cm³/mol. The SMILES string of the molecule is COCC1CCCN(c2cc(C(=O)O)ccc2N)C1. The average Bonchev–Trinajstić information content (AvgIpc) is 2.39. The number of nitrogens with zero attached hydrogens (tertiary/aromatic N) is 1. The van der Waals surface area contributed by atoms with Gasteiger partial charge in [0.2, 0.25) is 0 Å². The molecule has 1 atom stereocenters. The highest BCUT2D eigenvalue weighted by Gasteiger charge is 2.22. The Kier molecular flexibility index (Phi) is 4.27. The van der Waals surface area contributed by atoms with Crippen LogP contribution in [0.15, 0.2) is 18.2 Å². The smallest absolute Gasteiger partial charge is 0.335 e. The summed E-state index contributed by atoms with van der Waals surface area (Å²) in [5.74, 6) is -0.446. The zero-order valence-corrected chi connectivity index (χ0v) is 11.1. The van der Waals surface area contributed by atoms with E-state index in [0.29, 0.717) is 11.6 Å². The molecule has 0 aliphatic carbocycles. The normalized spacial score (nSPS) is 19.4. The van der Waals surface area contributed by atoms with Crippen molar-refractivity contribution >= 4 is 17.3 Å². The second kappa shape index (κ2) is 5.93. The molecule has 1 unspecified atom stereocenters. The molecule has 3 N–H and O–H groups in total. The molecule has 104 valence electrons. The van der Waals surface area contributed by atoms with E-state index in [1.807, 2.05) is 0 Å². The van der Waals surface area contributed by atoms with Crippen molar-refractivity contribution in [3.8, 4) is 0 Å². The Hall–Kier alpha value is -1.75. The molecule has 0 bridgehead atoms. The molecule has 5 nitrogen and oxygen atoms in total. The Balaban J connectivity index is 2.20. The molecule has 19 heavy (non-hydrogen) atoms. The molecule has 0 aromatic heterocycles. The molecule has 0 radical (unpaired) electrons. The van der Waals surface area contributed by atoms with E-state index in [0.717, 1.165) is 38.2 Å². The topological polar surface area (TPSA) is 75.8 Å². The lowest BCUT2D eigenvalue weighted by Gasteiger charge is -2.34. The summed E-state index contributed by atoms with van der Waals surface area (Å²) >= 11 is 0. The first-order valence-electron chi connectivity index (χ1n) is 6.48. The molecule has 1 aliphatic heterocycles. The van der Waals surface area contributed by atoms with Crippen LogP contribution in [0.5, 0.6) is 0 Å². The van der Waals surface area contributed by atoms with E-state index in [1.165, 1.54) is 6.07 Å². The van der Waals surface area contributed by atoms with Crippen molar-refractivity contribution in [2.45, 2.75) is 12.8 Å². The number of methoxy groups -OCH3 is 1. The number of carbonyl (C=O) groups is 1. The molecule has 1 fully saturated rings. The van der Waals surface area contributed by atoms with Gasteiger partial charge >= 0.3 is 5.97 Å². The van der Waals surface area contributed by atoms with E-state index >= 15 is 0 Å². The Morgan fingerprint density at radius 3 is 3.05 bits per heavy atom. The van der Waals surface area contributed by atoms with Crippen LogP contribution >= 0.6 is 0 Å². The number of benzene rings is 1. The van der Waals surface area contributed by atoms with Crippen LogP contribution in [0.25, 0.3) is 0 Å². The number of aromatic carboxylic acids is 1. The number of hydrogen-bond donors (Lipinski definition) is 2. The van der Waals surface area contributed by atoms with E-state index < -0.39 is 5.97 Å². The lowest BCUT2D eigenvalue weighted by atomic mass is 9.98. The third kappa shape index (κ3) is 3.17. The minimum Gasteiger partial charge on any atom is -0.478 e. The van der Waals surface area contributed by atoms with E-state index in [2.05, 4.69) is 4.90 Å². The van der Waals surface area contributed by atoms with Crippen molar-refractivity contribution in [1.82, 2.24) is 0 Å². The second-order valence-corrected chi connectivity index (χ2v) is 4.99. The lowest BCUT2D eigenvalue weighted by Crippen LogP contribution is -2.37. The number of rotatable bonds is 4. The Morgan fingerprint density at radius 2 is 2.37 bits per heavy atom. The minimum absolute atomic E-state index is 0.276. The lowest BCUT2D eigenvalue weighted by molar-refractivity contribution is 0.0697. The molecule has 0 saturated carbocycles. The zero-order valence-electron chi connectivity index (χ0n) is 11.1. The maximum absolute atomic E-state index is 11.0. The Bertz CT molecular complexity index is 460. The molecule has 5 heteroatoms. The van der Waals surface area contributed by atoms with Gasteiger partial charge in [-0.05, 0) is 37.0 Å². The number of carboxylic acids is 1. The van der Waals surface area contributed by atoms with Crippen LogP contribution in [-0.2, 0) is 4.74 Å². The van der Waals surface area contributed by atoms with Gasteiger partial charge in [-0.15, -0.1) is 0 Å². The third-order valence-electron chi connectivity index (χ3n) is 3.54. The number of hydrogen-bond acceptors (Lipinski definition) is 4. The van der Waals surface area contributed by atoms with Gasteiger partial charge in [0.25, 0.3) is 0 Å². The van der Waals surface area contributed by atoms with Gasteiger partial charge in [-0.3, -0.25) is 0 Å². The Labute approximate surface area is 113 Å². The maximum Gasteiger partial charge on any atom is 0.335 e. The van der Waals surface area contributed by atoms with Crippen LogP contribution in [0.2, 0.25) is 0 Å². The summed E-state index contributed by atoms with van der Waals surface area (Å²) in [5.41, 5.74) is 7.70. The summed E-state index contributed by atoms with van der Waals surface area (Å²) in [6.07, 6.45) is 2.22. The molecule has 1 saturated heterocycles. The van der Waals surface area contributed by atoms with Crippen LogP contribution < -0.4 is 10.6 Å². The quantitative estimate of drug-likeness (QED) is 0.811. The van der Waals surface area contributed by atoms with Gasteiger partial charge in [0.05, 0.1) is 23.5 Å². The van der Waals surface area contributed by atoms with Crippen molar-refractivity contribution in [2.24, 2.45) is 5.92 Å². The standard InChI is InChI=1S/C14H20N2O3/c1-19-9-10-3-2-6-16(8-10)13-7-11(14(17)18)4-5-12(13)15/h4-5,7,10H,2-3,6,8-9,15H2,1H3,(H,17,18). The largest absolute Gasteiger partial charge is 0.478 e. The first kappa shape index (κ1) is 13.7. The summed E-state index contributed by atoms with van der Waals surface area (Å²) in [6, 6.07) is 4.86. The van der Waals surface area contributed by atoms with Crippen molar-refractivity contribution in [1.29, 1.82) is 0 Å². The first-order chi connectivity index (χ1) is 9.11. The zero-order chi connectivity index (χ0) is 13.8. The summed E-state index contributed by atoms with van der Waals surface area (Å²) < 4.78 is 5.21. The summed E-state index contributed by atoms with van der Waals surface area (Å²) in [4.78, 5) is 13.2. The molecule has 0 spiro atoms. The molecule has 1 aromatic rings. The van der Waals surface area contributed by atoms with Gasteiger partial charge in [0.15, 0.2) is 0 Å². The van der Waals surface area contributed by atoms with Crippen molar-refractivity contribution in [3.05, 3.63) is 23.8 Å². The van der Waals surface area contributed by atoms with E-state index in [4.69, 9.17) is 15.6 Å². The first-order valence-corrected chi connectivity index (χ1v) is 6.48. The number of piperidine rings is 1. The number of nitrogens with two attached hydrogens (primary N) is 1. The van der Waals surface area contributed by atoms with Gasteiger partial charge in [0, 0.05) is 20.2 Å². The fourth-order valence-corrected chi connectivity index (χ4v) is 2.61. The molecular weight excluding hydrogens is 244 g/mol. The fraction of sp³-hybridized carbons (Fsp3) is 0.500. The summed E-state index contributed by atoms with van der Waals surface area (Å²) in [5, 5.41) is 9.06. The second-order valence-electron chi connectivity index (χ2n) is 4.99. The van der Waals surface area contributed by atoms with Crippen LogP contribution in [0.3, 0.4) is 0 Å². The van der Waals surface area contributed by atoms with E-state index in [-0.39, 0.29) is 5.56 Å². The van der Waals surface area contributed by atoms with Crippen LogP contribution in [0.4, 0.5) is 11.4 Å². The molecule has 1 heterocycles. The summed E-state index contributed by atoms with van der Waals surface area (Å²) in [7, 11) is 1.71. The van der Waals surface area contributed by atoms with Gasteiger partial charge in [-0.1, -0.05) is 0 Å². The predicted octanol–water partition coefficient (Wildman–Crippen LogP) is 1.83. The number of anilines is 2. The maximum atomic E-state index is 11.0. The van der Waals surface area contributed by atoms with Crippen LogP contribution in [0, 0.1) is 5.92 Å². The monoisotopic (exact) mass is 264 g/mol. The van der Waals surface area contributed by atoms with Crippen molar-refractivity contribution in [3.63, 3.8) is 0 Å². The van der Waals surface area contributed by atoms with Crippen LogP contribution in [0.1, 0.15) is 23.2 Å². The van der Waals surface area contributed by atoms with Gasteiger partial charge < -0.3 is 20.5 Å². The highest BCUT2D eigenvalue weighted by Crippen LogP contribution is 2.29. The van der Waals surface area contributed by atoms with Gasteiger partial charge in [-0.25, -0.2) is 4.79 Å². The molecule has 1 aliphatic rings. The van der Waals surface area contributed by atoms with Crippen molar-refractivity contribution in [2.75, 3.05) is 37.4 Å². The molecular formula is C14H20N2O3. The molecule has 1 aromatic carbocycles. The van der Waals surface area contributed by atoms with Gasteiger partial charge in [-0.2, -0.15) is 0 Å². The van der Waals surface area contributed by atoms with Gasteiger partial charge in [0.1, 0.15) is 0 Å². The number of carboxylic acid groups (broad SMARTS) is 1. The number of nitrogen functional groups attached to an aromatic ring is 1. The third-order valence-corrected chi connectivity index (χ3v) is 3.54. The fourth-order valence-electron chi connectivity index (χ4n) is 2.61. The van der Waals surface area contributed by atoms with E-state index in [1.54, 1.807) is 19.2 Å². The minimum atomic E-state index is -0.924. The Morgan fingerprint density at radius 1 is 1.58 bits per heavy atom. The average molecular weight is 264 g/mol. The van der Waals surface area contributed by atoms with E-state index in [9.17, 15) is 4.79 Å².